The number of phenols is 2. The summed E-state index contributed by atoms with van der Waals surface area (Å²) in [7, 11) is 0. The molecule has 0 saturated carbocycles. The average molecular weight is 427 g/mol. The molecular formula is C27H38O4. The summed E-state index contributed by atoms with van der Waals surface area (Å²) in [5, 5.41) is 29.2. The minimum absolute atomic E-state index is 0.195. The molecule has 0 spiro atoms. The average Bonchev–Trinajstić information content (AvgIpc) is 2.68. The molecule has 0 aliphatic rings. The largest absolute Gasteiger partial charge is 0.508 e. The Kier molecular flexibility index (Phi) is 11.5. The zero-order valence-corrected chi connectivity index (χ0v) is 19.6. The highest BCUT2D eigenvalue weighted by atomic mass is 16.4. The molecule has 0 bridgehead atoms. The molecule has 4 nitrogen and oxygen atoms in total. The zero-order valence-electron chi connectivity index (χ0n) is 19.6. The van der Waals surface area contributed by atoms with Crippen molar-refractivity contribution in [1.29, 1.82) is 0 Å². The van der Waals surface area contributed by atoms with Gasteiger partial charge in [0.25, 0.3) is 0 Å². The van der Waals surface area contributed by atoms with E-state index >= 15 is 0 Å². The number of aliphatic carboxylic acids is 1. The van der Waals surface area contributed by atoms with Crippen LogP contribution in [-0.4, -0.2) is 21.3 Å². The normalized spacial score (nSPS) is 13.5. The van der Waals surface area contributed by atoms with E-state index in [1.807, 2.05) is 32.9 Å². The predicted molar refractivity (Wildman–Crippen MR) is 129 cm³/mol. The predicted octanol–water partition coefficient (Wildman–Crippen LogP) is 7.02. The van der Waals surface area contributed by atoms with Crippen molar-refractivity contribution in [2.24, 2.45) is 5.92 Å². The molecule has 0 fully saturated rings. The molecule has 0 radical (unpaired) electrons. The van der Waals surface area contributed by atoms with E-state index in [2.05, 4.69) is 19.1 Å². The molecule has 1 aromatic carbocycles. The smallest absolute Gasteiger partial charge is 0.331 e. The Morgan fingerprint density at radius 1 is 1.06 bits per heavy atom. The van der Waals surface area contributed by atoms with Crippen molar-refractivity contribution in [2.45, 2.75) is 73.1 Å². The summed E-state index contributed by atoms with van der Waals surface area (Å²) in [6, 6.07) is 3.21. The van der Waals surface area contributed by atoms with Crippen LogP contribution in [0.15, 0.2) is 59.2 Å². The van der Waals surface area contributed by atoms with Gasteiger partial charge in [0.05, 0.1) is 0 Å². The van der Waals surface area contributed by atoms with Crippen LogP contribution in [0, 0.1) is 12.8 Å². The highest BCUT2D eigenvalue weighted by Gasteiger charge is 2.09. The molecule has 0 saturated heterocycles. The van der Waals surface area contributed by atoms with E-state index in [0.29, 0.717) is 23.5 Å². The van der Waals surface area contributed by atoms with E-state index in [1.54, 1.807) is 25.1 Å². The molecule has 170 valence electrons. The lowest BCUT2D eigenvalue weighted by atomic mass is 9.95. The quantitative estimate of drug-likeness (QED) is 0.145. The van der Waals surface area contributed by atoms with Crippen molar-refractivity contribution in [3.63, 3.8) is 0 Å². The van der Waals surface area contributed by atoms with Crippen molar-refractivity contribution < 1.29 is 20.1 Å². The van der Waals surface area contributed by atoms with Crippen LogP contribution in [0.25, 0.3) is 0 Å². The van der Waals surface area contributed by atoms with Gasteiger partial charge >= 0.3 is 5.97 Å². The third kappa shape index (κ3) is 10.7. The van der Waals surface area contributed by atoms with Gasteiger partial charge in [-0.3, -0.25) is 0 Å². The number of hydrogen-bond acceptors (Lipinski definition) is 3. The molecule has 3 N–H and O–H groups in total. The summed E-state index contributed by atoms with van der Waals surface area (Å²) in [6.07, 6.45) is 14.6. The Bertz CT molecular complexity index is 852. The van der Waals surface area contributed by atoms with Crippen molar-refractivity contribution in [2.75, 3.05) is 0 Å². The van der Waals surface area contributed by atoms with Crippen LogP contribution in [0.2, 0.25) is 0 Å². The Morgan fingerprint density at radius 2 is 1.77 bits per heavy atom. The lowest BCUT2D eigenvalue weighted by Gasteiger charge is -2.12. The van der Waals surface area contributed by atoms with Crippen LogP contribution in [-0.2, 0) is 11.2 Å². The summed E-state index contributed by atoms with van der Waals surface area (Å²) in [4.78, 5) is 11.4. The summed E-state index contributed by atoms with van der Waals surface area (Å²) in [5.74, 6) is 0.0970. The van der Waals surface area contributed by atoms with Crippen LogP contribution in [0.3, 0.4) is 0 Å². The second-order valence-corrected chi connectivity index (χ2v) is 8.62. The molecular weight excluding hydrogens is 388 g/mol. The van der Waals surface area contributed by atoms with E-state index in [1.165, 1.54) is 5.57 Å². The first-order chi connectivity index (χ1) is 14.6. The molecule has 0 heterocycles. The fourth-order valence-corrected chi connectivity index (χ4v) is 3.33. The number of carboxylic acid groups (broad SMARTS) is 1. The number of carbonyl (C=O) groups is 1. The Hall–Kier alpha value is -2.75. The SMILES string of the molecule is CC(C)=CCCC(=CC=CC(C)=CCCC(C)CCc1cc(O)cc(C)c1O)C(=O)O. The van der Waals surface area contributed by atoms with Crippen LogP contribution >= 0.6 is 0 Å². The zero-order chi connectivity index (χ0) is 23.4. The third-order valence-corrected chi connectivity index (χ3v) is 5.29. The van der Waals surface area contributed by atoms with E-state index < -0.39 is 5.97 Å². The number of phenolic OH excluding ortho intramolecular Hbond substituents is 2. The first kappa shape index (κ1) is 26.3. The van der Waals surface area contributed by atoms with E-state index in [0.717, 1.165) is 43.2 Å². The first-order valence-electron chi connectivity index (χ1n) is 11.0. The van der Waals surface area contributed by atoms with Gasteiger partial charge in [0.1, 0.15) is 11.5 Å². The minimum atomic E-state index is -0.866. The van der Waals surface area contributed by atoms with Gasteiger partial charge in [-0.1, -0.05) is 48.5 Å². The minimum Gasteiger partial charge on any atom is -0.508 e. The van der Waals surface area contributed by atoms with Gasteiger partial charge in [-0.25, -0.2) is 4.79 Å². The van der Waals surface area contributed by atoms with Gasteiger partial charge in [-0.15, -0.1) is 0 Å². The van der Waals surface area contributed by atoms with Gasteiger partial charge in [0.15, 0.2) is 0 Å². The molecule has 1 unspecified atom stereocenters. The van der Waals surface area contributed by atoms with Crippen LogP contribution in [0.1, 0.15) is 70.9 Å². The molecule has 1 aromatic rings. The van der Waals surface area contributed by atoms with Gasteiger partial charge in [0.2, 0.25) is 0 Å². The fraction of sp³-hybridized carbons (Fsp3) is 0.444. The van der Waals surface area contributed by atoms with Crippen molar-refractivity contribution in [3.05, 3.63) is 70.4 Å². The molecule has 4 heteroatoms. The molecule has 1 atom stereocenters. The third-order valence-electron chi connectivity index (χ3n) is 5.29. The summed E-state index contributed by atoms with van der Waals surface area (Å²) in [6.45, 7) is 10.0. The second kappa shape index (κ2) is 13.5. The second-order valence-electron chi connectivity index (χ2n) is 8.62. The van der Waals surface area contributed by atoms with E-state index in [9.17, 15) is 20.1 Å². The Balaban J connectivity index is 2.50. The summed E-state index contributed by atoms with van der Waals surface area (Å²) in [5.41, 5.74) is 4.22. The van der Waals surface area contributed by atoms with Crippen molar-refractivity contribution >= 4 is 5.97 Å². The standard InChI is InChI=1S/C27H38O4/c1-19(2)9-6-13-23(27(30)31)14-8-12-20(3)10-7-11-21(4)15-16-24-18-25(28)17-22(5)26(24)29/h8-10,12,14,17-18,21,28-29H,6-7,11,13,15-16H2,1-5H3,(H,30,31). The molecule has 31 heavy (non-hydrogen) atoms. The molecule has 0 aliphatic carbocycles. The first-order valence-corrected chi connectivity index (χ1v) is 11.0. The molecule has 0 amide bonds. The molecule has 0 aliphatic heterocycles. The Morgan fingerprint density at radius 3 is 2.42 bits per heavy atom. The maximum atomic E-state index is 11.4. The number of rotatable bonds is 12. The highest BCUT2D eigenvalue weighted by molar-refractivity contribution is 5.86. The number of hydrogen-bond donors (Lipinski definition) is 3. The van der Waals surface area contributed by atoms with Gasteiger partial charge in [-0.05, 0) is 95.4 Å². The highest BCUT2D eigenvalue weighted by Crippen LogP contribution is 2.29. The maximum Gasteiger partial charge on any atom is 0.331 e. The lowest BCUT2D eigenvalue weighted by Crippen LogP contribution is -1.99. The Labute approximate surface area is 187 Å². The van der Waals surface area contributed by atoms with Gasteiger partial charge in [-0.2, -0.15) is 0 Å². The number of allylic oxidation sites excluding steroid dienone is 7. The number of benzene rings is 1. The number of carboxylic acids is 1. The van der Waals surface area contributed by atoms with Crippen LogP contribution < -0.4 is 0 Å². The molecule has 0 aromatic heterocycles. The van der Waals surface area contributed by atoms with E-state index in [4.69, 9.17) is 0 Å². The van der Waals surface area contributed by atoms with Crippen LogP contribution in [0.5, 0.6) is 11.5 Å². The topological polar surface area (TPSA) is 77.8 Å². The van der Waals surface area contributed by atoms with Crippen LogP contribution in [0.4, 0.5) is 0 Å². The lowest BCUT2D eigenvalue weighted by molar-refractivity contribution is -0.132. The monoisotopic (exact) mass is 426 g/mol. The molecule has 1 rings (SSSR count). The van der Waals surface area contributed by atoms with Gasteiger partial charge < -0.3 is 15.3 Å². The van der Waals surface area contributed by atoms with Crippen molar-refractivity contribution in [3.8, 4) is 11.5 Å². The van der Waals surface area contributed by atoms with E-state index in [-0.39, 0.29) is 11.5 Å². The number of aryl methyl sites for hydroxylation is 2. The van der Waals surface area contributed by atoms with Crippen molar-refractivity contribution in [1.82, 2.24) is 0 Å². The number of aromatic hydroxyl groups is 2. The van der Waals surface area contributed by atoms with Gasteiger partial charge in [0, 0.05) is 5.57 Å². The summed E-state index contributed by atoms with van der Waals surface area (Å²) < 4.78 is 0. The fourth-order valence-electron chi connectivity index (χ4n) is 3.33. The maximum absolute atomic E-state index is 11.4. The summed E-state index contributed by atoms with van der Waals surface area (Å²) >= 11 is 0.